The minimum Gasteiger partial charge on any atom is -0.324 e. The van der Waals surface area contributed by atoms with Crippen molar-refractivity contribution in [2.45, 2.75) is 25.3 Å². The third-order valence-corrected chi connectivity index (χ3v) is 5.47. The number of nitrogens with zero attached hydrogens (tertiary/aromatic N) is 1. The van der Waals surface area contributed by atoms with Gasteiger partial charge in [0.2, 0.25) is 10.0 Å². The number of sulfonamides is 1. The van der Waals surface area contributed by atoms with Crippen molar-refractivity contribution >= 4 is 21.6 Å². The third kappa shape index (κ3) is 4.39. The van der Waals surface area contributed by atoms with Crippen LogP contribution in [-0.2, 0) is 10.0 Å². The van der Waals surface area contributed by atoms with Crippen LogP contribution in [0.4, 0.5) is 4.39 Å². The van der Waals surface area contributed by atoms with Crippen LogP contribution in [0.3, 0.4) is 0 Å². The maximum atomic E-state index is 13.2. The number of nitrogens with two attached hydrogens (primary N) is 1. The molecule has 2 rings (SSSR count). The van der Waals surface area contributed by atoms with E-state index in [0.717, 1.165) is 18.4 Å². The van der Waals surface area contributed by atoms with E-state index in [2.05, 4.69) is 0 Å². The van der Waals surface area contributed by atoms with Crippen LogP contribution < -0.4 is 5.73 Å². The average molecular weight is 335 g/mol. The number of rotatable bonds is 4. The number of hydrogen-bond acceptors (Lipinski definition) is 3. The maximum Gasteiger partial charge on any atom is 0.211 e. The first-order chi connectivity index (χ1) is 9.77. The number of benzene rings is 1. The van der Waals surface area contributed by atoms with Gasteiger partial charge in [-0.1, -0.05) is 17.7 Å². The van der Waals surface area contributed by atoms with Gasteiger partial charge in [0.1, 0.15) is 5.82 Å². The van der Waals surface area contributed by atoms with Crippen LogP contribution in [0.5, 0.6) is 0 Å². The highest BCUT2D eigenvalue weighted by molar-refractivity contribution is 7.88. The Kier molecular flexibility index (Phi) is 5.24. The summed E-state index contributed by atoms with van der Waals surface area (Å²) in [6.07, 6.45) is 3.69. The van der Waals surface area contributed by atoms with Crippen molar-refractivity contribution in [3.8, 4) is 0 Å². The van der Waals surface area contributed by atoms with Crippen LogP contribution in [-0.4, -0.2) is 32.1 Å². The molecule has 4 nitrogen and oxygen atoms in total. The smallest absolute Gasteiger partial charge is 0.211 e. The van der Waals surface area contributed by atoms with Gasteiger partial charge in [0.15, 0.2) is 0 Å². The standard InChI is InChI=1S/C14H20ClFN2O2S/c1-21(19,20)18-6-2-3-10(9-18)7-14(17)11-4-5-13(16)12(15)8-11/h4-5,8,10,14H,2-3,6-7,9,17H2,1H3. The molecule has 118 valence electrons. The van der Waals surface area contributed by atoms with E-state index in [1.165, 1.54) is 16.6 Å². The Hall–Kier alpha value is -0.690. The number of hydrogen-bond donors (Lipinski definition) is 1. The van der Waals surface area contributed by atoms with Gasteiger partial charge in [-0.15, -0.1) is 0 Å². The van der Waals surface area contributed by atoms with E-state index in [0.29, 0.717) is 19.5 Å². The number of piperidine rings is 1. The summed E-state index contributed by atoms with van der Waals surface area (Å²) in [6.45, 7) is 1.08. The molecule has 0 bridgehead atoms. The molecule has 2 N–H and O–H groups in total. The molecule has 0 amide bonds. The highest BCUT2D eigenvalue weighted by atomic mass is 35.5. The van der Waals surface area contributed by atoms with Gasteiger partial charge in [-0.05, 0) is 42.9 Å². The van der Waals surface area contributed by atoms with E-state index in [1.54, 1.807) is 12.1 Å². The fraction of sp³-hybridized carbons (Fsp3) is 0.571. The van der Waals surface area contributed by atoms with Gasteiger partial charge in [-0.25, -0.2) is 17.1 Å². The molecular formula is C14H20ClFN2O2S. The van der Waals surface area contributed by atoms with Gasteiger partial charge in [0.05, 0.1) is 11.3 Å². The second-order valence-corrected chi connectivity index (χ2v) is 8.03. The lowest BCUT2D eigenvalue weighted by Crippen LogP contribution is -2.40. The lowest BCUT2D eigenvalue weighted by atomic mass is 9.90. The van der Waals surface area contributed by atoms with Crippen LogP contribution >= 0.6 is 11.6 Å². The summed E-state index contributed by atoms with van der Waals surface area (Å²) in [5.74, 6) is -0.249. The molecule has 1 aliphatic heterocycles. The fourth-order valence-electron chi connectivity index (χ4n) is 2.76. The SMILES string of the molecule is CS(=O)(=O)N1CCCC(CC(N)c2ccc(F)c(Cl)c2)C1. The second kappa shape index (κ2) is 6.60. The van der Waals surface area contributed by atoms with Crippen LogP contribution in [0.1, 0.15) is 30.9 Å². The molecule has 0 saturated carbocycles. The molecule has 1 aromatic rings. The Balaban J connectivity index is 2.02. The summed E-state index contributed by atoms with van der Waals surface area (Å²) in [5, 5.41) is 0.0596. The van der Waals surface area contributed by atoms with Crippen molar-refractivity contribution in [1.82, 2.24) is 4.31 Å². The Morgan fingerprint density at radius 1 is 1.52 bits per heavy atom. The van der Waals surface area contributed by atoms with E-state index >= 15 is 0 Å². The highest BCUT2D eigenvalue weighted by Crippen LogP contribution is 2.28. The first kappa shape index (κ1) is 16.7. The highest BCUT2D eigenvalue weighted by Gasteiger charge is 2.27. The monoisotopic (exact) mass is 334 g/mol. The minimum atomic E-state index is -3.15. The first-order valence-electron chi connectivity index (χ1n) is 6.93. The first-order valence-corrected chi connectivity index (χ1v) is 9.15. The molecule has 1 aliphatic rings. The second-order valence-electron chi connectivity index (χ2n) is 5.65. The Morgan fingerprint density at radius 2 is 2.24 bits per heavy atom. The van der Waals surface area contributed by atoms with Crippen LogP contribution in [0, 0.1) is 11.7 Å². The molecule has 1 saturated heterocycles. The molecule has 0 radical (unpaired) electrons. The van der Waals surface area contributed by atoms with Crippen molar-refractivity contribution in [1.29, 1.82) is 0 Å². The molecule has 0 spiro atoms. The maximum absolute atomic E-state index is 13.2. The minimum absolute atomic E-state index is 0.0596. The van der Waals surface area contributed by atoms with Crippen molar-refractivity contribution in [2.75, 3.05) is 19.3 Å². The Labute approximate surface area is 130 Å². The summed E-state index contributed by atoms with van der Waals surface area (Å²) in [5.41, 5.74) is 6.93. The normalized spacial score (nSPS) is 22.2. The quantitative estimate of drug-likeness (QED) is 0.920. The Bertz CT molecular complexity index is 609. The fourth-order valence-corrected chi connectivity index (χ4v) is 3.89. The van der Waals surface area contributed by atoms with E-state index in [9.17, 15) is 12.8 Å². The third-order valence-electron chi connectivity index (χ3n) is 3.91. The van der Waals surface area contributed by atoms with Crippen LogP contribution in [0.25, 0.3) is 0 Å². The topological polar surface area (TPSA) is 63.4 Å². The van der Waals surface area contributed by atoms with Crippen LogP contribution in [0.15, 0.2) is 18.2 Å². The lowest BCUT2D eigenvalue weighted by Gasteiger charge is -2.32. The zero-order valence-corrected chi connectivity index (χ0v) is 13.5. The summed E-state index contributed by atoms with van der Waals surface area (Å²) in [4.78, 5) is 0. The summed E-state index contributed by atoms with van der Waals surface area (Å²) >= 11 is 5.77. The Morgan fingerprint density at radius 3 is 2.86 bits per heavy atom. The molecule has 7 heteroatoms. The van der Waals surface area contributed by atoms with E-state index < -0.39 is 15.8 Å². The summed E-state index contributed by atoms with van der Waals surface area (Å²) in [6, 6.07) is 4.20. The van der Waals surface area contributed by atoms with E-state index in [-0.39, 0.29) is 17.0 Å². The van der Waals surface area contributed by atoms with E-state index in [1.807, 2.05) is 0 Å². The summed E-state index contributed by atoms with van der Waals surface area (Å²) in [7, 11) is -3.15. The van der Waals surface area contributed by atoms with Gasteiger partial charge >= 0.3 is 0 Å². The number of halogens is 2. The van der Waals surface area contributed by atoms with Gasteiger partial charge in [-0.2, -0.15) is 0 Å². The zero-order valence-electron chi connectivity index (χ0n) is 11.9. The lowest BCUT2D eigenvalue weighted by molar-refractivity contribution is 0.247. The largest absolute Gasteiger partial charge is 0.324 e. The van der Waals surface area contributed by atoms with Crippen molar-refractivity contribution in [3.63, 3.8) is 0 Å². The van der Waals surface area contributed by atoms with Crippen molar-refractivity contribution in [3.05, 3.63) is 34.6 Å². The van der Waals surface area contributed by atoms with E-state index in [4.69, 9.17) is 17.3 Å². The van der Waals surface area contributed by atoms with Gasteiger partial charge in [-0.3, -0.25) is 0 Å². The van der Waals surface area contributed by atoms with Gasteiger partial charge in [0, 0.05) is 19.1 Å². The molecular weight excluding hydrogens is 315 g/mol. The van der Waals surface area contributed by atoms with Gasteiger partial charge in [0.25, 0.3) is 0 Å². The van der Waals surface area contributed by atoms with Crippen molar-refractivity contribution < 1.29 is 12.8 Å². The molecule has 1 fully saturated rings. The summed E-state index contributed by atoms with van der Waals surface area (Å²) < 4.78 is 37.9. The molecule has 21 heavy (non-hydrogen) atoms. The molecule has 2 unspecified atom stereocenters. The molecule has 1 heterocycles. The molecule has 0 aliphatic carbocycles. The molecule has 0 aromatic heterocycles. The predicted molar refractivity (Wildman–Crippen MR) is 82.1 cm³/mol. The predicted octanol–water partition coefficient (Wildman–Crippen LogP) is 2.54. The average Bonchev–Trinajstić information content (AvgIpc) is 2.41. The van der Waals surface area contributed by atoms with Crippen molar-refractivity contribution in [2.24, 2.45) is 11.7 Å². The molecule has 2 atom stereocenters. The zero-order chi connectivity index (χ0) is 15.6. The van der Waals surface area contributed by atoms with Gasteiger partial charge < -0.3 is 5.73 Å². The van der Waals surface area contributed by atoms with Crippen LogP contribution in [0.2, 0.25) is 5.02 Å². The molecule has 1 aromatic carbocycles.